The van der Waals surface area contributed by atoms with Crippen molar-refractivity contribution in [2.45, 2.75) is 84.2 Å². The Balaban J connectivity index is 3.04. The van der Waals surface area contributed by atoms with Crippen molar-refractivity contribution >= 4 is 5.97 Å². The molecule has 0 rings (SSSR count). The summed E-state index contributed by atoms with van der Waals surface area (Å²) in [4.78, 5) is 10.5. The zero-order chi connectivity index (χ0) is 17.9. The van der Waals surface area contributed by atoms with Crippen LogP contribution in [0.4, 0.5) is 0 Å². The maximum Gasteiger partial charge on any atom is 0.332 e. The lowest BCUT2D eigenvalue weighted by Gasteiger charge is -2.09. The summed E-state index contributed by atoms with van der Waals surface area (Å²) in [7, 11) is 0. The van der Waals surface area contributed by atoms with E-state index in [0.717, 1.165) is 13.0 Å². The molecule has 1 unspecified atom stereocenters. The van der Waals surface area contributed by atoms with Crippen molar-refractivity contribution in [1.82, 2.24) is 0 Å². The molecule has 0 aromatic rings. The standard InChI is InChI=1S/C19H38O5/c1-3-4-5-6-7-8-9-10-11-12-13-22-14-15-23-16-17-24-18(2)19(20)21/h18H,3-17H2,1-2H3,(H,20,21). The third-order valence-electron chi connectivity index (χ3n) is 3.96. The van der Waals surface area contributed by atoms with Crippen LogP contribution in [-0.4, -0.2) is 50.2 Å². The Bertz CT molecular complexity index is 270. The molecule has 0 aliphatic heterocycles. The van der Waals surface area contributed by atoms with Gasteiger partial charge in [0, 0.05) is 6.61 Å². The van der Waals surface area contributed by atoms with Gasteiger partial charge in [0.15, 0.2) is 6.10 Å². The van der Waals surface area contributed by atoms with E-state index in [2.05, 4.69) is 6.92 Å². The van der Waals surface area contributed by atoms with Gasteiger partial charge in [0.25, 0.3) is 0 Å². The first kappa shape index (κ1) is 23.4. The van der Waals surface area contributed by atoms with Crippen LogP contribution >= 0.6 is 0 Å². The van der Waals surface area contributed by atoms with Crippen LogP contribution in [0.25, 0.3) is 0 Å². The van der Waals surface area contributed by atoms with Crippen LogP contribution in [0.5, 0.6) is 0 Å². The Labute approximate surface area is 148 Å². The molecule has 0 heterocycles. The summed E-state index contributed by atoms with van der Waals surface area (Å²) in [6.07, 6.45) is 12.5. The maximum atomic E-state index is 10.5. The summed E-state index contributed by atoms with van der Waals surface area (Å²) >= 11 is 0. The van der Waals surface area contributed by atoms with E-state index < -0.39 is 12.1 Å². The summed E-state index contributed by atoms with van der Waals surface area (Å²) in [5.41, 5.74) is 0. The predicted molar refractivity (Wildman–Crippen MR) is 96.5 cm³/mol. The van der Waals surface area contributed by atoms with Gasteiger partial charge in [0.05, 0.1) is 26.4 Å². The van der Waals surface area contributed by atoms with Crippen LogP contribution in [0.15, 0.2) is 0 Å². The van der Waals surface area contributed by atoms with Crippen LogP contribution in [0.2, 0.25) is 0 Å². The second-order valence-corrected chi connectivity index (χ2v) is 6.26. The Morgan fingerprint density at radius 1 is 0.750 bits per heavy atom. The van der Waals surface area contributed by atoms with E-state index in [1.165, 1.54) is 64.7 Å². The van der Waals surface area contributed by atoms with E-state index in [-0.39, 0.29) is 0 Å². The number of carboxylic acids is 1. The molecule has 0 fully saturated rings. The van der Waals surface area contributed by atoms with Gasteiger partial charge >= 0.3 is 5.97 Å². The molecule has 144 valence electrons. The molecule has 0 radical (unpaired) electrons. The number of carbonyl (C=O) groups is 1. The van der Waals surface area contributed by atoms with E-state index in [1.54, 1.807) is 0 Å². The zero-order valence-electron chi connectivity index (χ0n) is 15.8. The third kappa shape index (κ3) is 17.7. The fraction of sp³-hybridized carbons (Fsp3) is 0.947. The quantitative estimate of drug-likeness (QED) is 0.351. The molecule has 0 aliphatic carbocycles. The van der Waals surface area contributed by atoms with E-state index in [1.807, 2.05) is 0 Å². The first-order chi connectivity index (χ1) is 11.7. The minimum atomic E-state index is -0.949. The number of aliphatic carboxylic acids is 1. The average molecular weight is 347 g/mol. The van der Waals surface area contributed by atoms with Crippen molar-refractivity contribution < 1.29 is 24.1 Å². The molecular weight excluding hydrogens is 308 g/mol. The largest absolute Gasteiger partial charge is 0.479 e. The molecule has 0 bridgehead atoms. The van der Waals surface area contributed by atoms with E-state index in [0.29, 0.717) is 26.4 Å². The third-order valence-corrected chi connectivity index (χ3v) is 3.96. The van der Waals surface area contributed by atoms with Crippen LogP contribution in [0.1, 0.15) is 78.1 Å². The van der Waals surface area contributed by atoms with Gasteiger partial charge in [-0.1, -0.05) is 64.7 Å². The SMILES string of the molecule is CCCCCCCCCCCCOCCOCCOC(C)C(=O)O. The lowest BCUT2D eigenvalue weighted by atomic mass is 10.1. The molecule has 5 heteroatoms. The fourth-order valence-electron chi connectivity index (χ4n) is 2.37. The lowest BCUT2D eigenvalue weighted by molar-refractivity contribution is -0.150. The second kappa shape index (κ2) is 18.7. The molecule has 0 spiro atoms. The molecule has 0 saturated carbocycles. The van der Waals surface area contributed by atoms with Crippen LogP contribution < -0.4 is 0 Å². The van der Waals surface area contributed by atoms with Gasteiger partial charge in [-0.3, -0.25) is 0 Å². The molecule has 1 N–H and O–H groups in total. The number of rotatable bonds is 19. The number of carboxylic acid groups (broad SMARTS) is 1. The van der Waals surface area contributed by atoms with Crippen LogP contribution in [0, 0.1) is 0 Å². The fourth-order valence-corrected chi connectivity index (χ4v) is 2.37. The molecule has 0 amide bonds. The number of hydrogen-bond donors (Lipinski definition) is 1. The summed E-state index contributed by atoms with van der Waals surface area (Å²) in [5, 5.41) is 8.63. The highest BCUT2D eigenvalue weighted by atomic mass is 16.6. The maximum absolute atomic E-state index is 10.5. The summed E-state index contributed by atoms with van der Waals surface area (Å²) in [6.45, 7) is 6.38. The van der Waals surface area contributed by atoms with E-state index in [9.17, 15) is 4.79 Å². The van der Waals surface area contributed by atoms with Crippen LogP contribution in [-0.2, 0) is 19.0 Å². The number of hydrogen-bond acceptors (Lipinski definition) is 4. The second-order valence-electron chi connectivity index (χ2n) is 6.26. The molecule has 0 aromatic heterocycles. The molecule has 1 atom stereocenters. The van der Waals surface area contributed by atoms with Crippen molar-refractivity contribution in [2.75, 3.05) is 33.0 Å². The van der Waals surface area contributed by atoms with Gasteiger partial charge in [-0.2, -0.15) is 0 Å². The Morgan fingerprint density at radius 2 is 1.21 bits per heavy atom. The lowest BCUT2D eigenvalue weighted by Crippen LogP contribution is -2.22. The molecule has 0 aliphatic rings. The van der Waals surface area contributed by atoms with Crippen molar-refractivity contribution in [3.63, 3.8) is 0 Å². The summed E-state index contributed by atoms with van der Waals surface area (Å²) < 4.78 is 15.9. The van der Waals surface area contributed by atoms with Gasteiger partial charge in [-0.05, 0) is 13.3 Å². The van der Waals surface area contributed by atoms with Crippen LogP contribution in [0.3, 0.4) is 0 Å². The number of unbranched alkanes of at least 4 members (excludes halogenated alkanes) is 9. The highest BCUT2D eigenvalue weighted by molar-refractivity contribution is 5.71. The minimum absolute atomic E-state index is 0.298. The number of ether oxygens (including phenoxy) is 3. The summed E-state index contributed by atoms with van der Waals surface area (Å²) in [6, 6.07) is 0. The molecule has 0 aromatic carbocycles. The zero-order valence-corrected chi connectivity index (χ0v) is 15.8. The topological polar surface area (TPSA) is 65.0 Å². The smallest absolute Gasteiger partial charge is 0.332 e. The Morgan fingerprint density at radius 3 is 1.75 bits per heavy atom. The van der Waals surface area contributed by atoms with E-state index in [4.69, 9.17) is 19.3 Å². The van der Waals surface area contributed by atoms with E-state index >= 15 is 0 Å². The Kier molecular flexibility index (Phi) is 18.2. The predicted octanol–water partition coefficient (Wildman–Crippen LogP) is 4.43. The van der Waals surface area contributed by atoms with Crippen molar-refractivity contribution in [1.29, 1.82) is 0 Å². The normalized spacial score (nSPS) is 12.4. The van der Waals surface area contributed by atoms with Gasteiger partial charge in [-0.25, -0.2) is 4.79 Å². The highest BCUT2D eigenvalue weighted by Crippen LogP contribution is 2.10. The van der Waals surface area contributed by atoms with Gasteiger partial charge in [0.1, 0.15) is 0 Å². The Hall–Kier alpha value is -0.650. The van der Waals surface area contributed by atoms with Crippen molar-refractivity contribution in [3.8, 4) is 0 Å². The first-order valence-electron chi connectivity index (χ1n) is 9.68. The monoisotopic (exact) mass is 346 g/mol. The highest BCUT2D eigenvalue weighted by Gasteiger charge is 2.09. The van der Waals surface area contributed by atoms with Gasteiger partial charge in [0.2, 0.25) is 0 Å². The molecule has 0 saturated heterocycles. The molecular formula is C19H38O5. The average Bonchev–Trinajstić information content (AvgIpc) is 2.57. The summed E-state index contributed by atoms with van der Waals surface area (Å²) in [5.74, 6) is -0.949. The van der Waals surface area contributed by atoms with Gasteiger partial charge in [-0.15, -0.1) is 0 Å². The minimum Gasteiger partial charge on any atom is -0.479 e. The molecule has 5 nitrogen and oxygen atoms in total. The molecule has 24 heavy (non-hydrogen) atoms. The van der Waals surface area contributed by atoms with Crippen molar-refractivity contribution in [3.05, 3.63) is 0 Å². The first-order valence-corrected chi connectivity index (χ1v) is 9.68. The van der Waals surface area contributed by atoms with Crippen molar-refractivity contribution in [2.24, 2.45) is 0 Å². The van der Waals surface area contributed by atoms with Gasteiger partial charge < -0.3 is 19.3 Å².